The molecule has 0 spiro atoms. The molecule has 0 saturated carbocycles. The predicted octanol–water partition coefficient (Wildman–Crippen LogP) is 3.07. The van der Waals surface area contributed by atoms with E-state index in [0.29, 0.717) is 15.6 Å². The van der Waals surface area contributed by atoms with Crippen molar-refractivity contribution in [3.05, 3.63) is 33.8 Å². The second-order valence-corrected chi connectivity index (χ2v) is 3.49. The molecule has 0 heterocycles. The van der Waals surface area contributed by atoms with E-state index in [1.807, 2.05) is 0 Å². The highest BCUT2D eigenvalue weighted by Gasteiger charge is 2.05. The highest BCUT2D eigenvalue weighted by atomic mass is 127. The summed E-state index contributed by atoms with van der Waals surface area (Å²) in [7, 11) is 0. The van der Waals surface area contributed by atoms with E-state index >= 15 is 0 Å². The fourth-order valence-corrected chi connectivity index (χ4v) is 1.58. The van der Waals surface area contributed by atoms with Crippen molar-refractivity contribution in [2.24, 2.45) is 0 Å². The van der Waals surface area contributed by atoms with Gasteiger partial charge in [0.25, 0.3) is 5.91 Å². The lowest BCUT2D eigenvalue weighted by molar-refractivity contribution is 0.0989. The molecule has 1 N–H and O–H groups in total. The van der Waals surface area contributed by atoms with Crippen LogP contribution in [0.1, 0.15) is 10.4 Å². The van der Waals surface area contributed by atoms with E-state index in [1.54, 1.807) is 41.1 Å². The number of hydrogen-bond donors (Lipinski definition) is 1. The summed E-state index contributed by atoms with van der Waals surface area (Å²) in [6.07, 6.45) is 0. The van der Waals surface area contributed by atoms with Gasteiger partial charge in [0, 0.05) is 15.6 Å². The molecule has 2 nitrogen and oxygen atoms in total. The molecule has 0 saturated heterocycles. The summed E-state index contributed by atoms with van der Waals surface area (Å²) in [6, 6.07) is 4.69. The number of carbonyl (C=O) groups excluding carboxylic acids is 1. The van der Waals surface area contributed by atoms with Gasteiger partial charge in [0.05, 0.1) is 22.9 Å². The normalized spacial score (nSPS) is 9.58. The Bertz CT molecular complexity index is 296. The molecular formula is C7H4Cl2INO. The van der Waals surface area contributed by atoms with Crippen molar-refractivity contribution >= 4 is 52.0 Å². The zero-order valence-electron chi connectivity index (χ0n) is 5.77. The smallest absolute Gasteiger partial charge is 0.259 e. The minimum absolute atomic E-state index is 0.208. The molecule has 1 aromatic carbocycles. The van der Waals surface area contributed by atoms with Crippen LogP contribution in [0.5, 0.6) is 0 Å². The highest BCUT2D eigenvalue weighted by Crippen LogP contribution is 2.18. The minimum atomic E-state index is -0.208. The third-order valence-electron chi connectivity index (χ3n) is 1.21. The molecule has 1 amide bonds. The lowest BCUT2D eigenvalue weighted by atomic mass is 10.2. The highest BCUT2D eigenvalue weighted by molar-refractivity contribution is 14.1. The van der Waals surface area contributed by atoms with Gasteiger partial charge in [0.15, 0.2) is 0 Å². The van der Waals surface area contributed by atoms with Crippen LogP contribution in [-0.4, -0.2) is 5.91 Å². The zero-order valence-corrected chi connectivity index (χ0v) is 9.44. The van der Waals surface area contributed by atoms with E-state index in [4.69, 9.17) is 23.2 Å². The topological polar surface area (TPSA) is 29.1 Å². The molecule has 64 valence electrons. The number of nitrogens with one attached hydrogen (secondary N) is 1. The first kappa shape index (κ1) is 10.1. The standard InChI is InChI=1S/C7H4Cl2INO/c8-5-1-4(7(12)11-10)2-6(9)3-5/h1-3H,(H,11,12). The molecule has 0 aliphatic rings. The lowest BCUT2D eigenvalue weighted by Crippen LogP contribution is -2.11. The number of rotatable bonds is 1. The number of amides is 1. The average Bonchev–Trinajstić information content (AvgIpc) is 2.01. The second-order valence-electron chi connectivity index (χ2n) is 2.08. The Morgan fingerprint density at radius 2 is 1.75 bits per heavy atom. The maximum absolute atomic E-state index is 11.1. The van der Waals surface area contributed by atoms with Crippen LogP contribution >= 0.6 is 46.1 Å². The number of hydrogen-bond acceptors (Lipinski definition) is 1. The lowest BCUT2D eigenvalue weighted by Gasteiger charge is -1.99. The summed E-state index contributed by atoms with van der Waals surface area (Å²) in [4.78, 5) is 11.1. The molecular weight excluding hydrogens is 312 g/mol. The van der Waals surface area contributed by atoms with E-state index in [9.17, 15) is 4.79 Å². The number of carbonyl (C=O) groups is 1. The van der Waals surface area contributed by atoms with Gasteiger partial charge < -0.3 is 0 Å². The fraction of sp³-hybridized carbons (Fsp3) is 0. The first-order chi connectivity index (χ1) is 5.63. The van der Waals surface area contributed by atoms with Gasteiger partial charge >= 0.3 is 0 Å². The van der Waals surface area contributed by atoms with Gasteiger partial charge in [0.1, 0.15) is 0 Å². The monoisotopic (exact) mass is 315 g/mol. The first-order valence-electron chi connectivity index (χ1n) is 3.00. The van der Waals surface area contributed by atoms with E-state index in [1.165, 1.54) is 0 Å². The predicted molar refractivity (Wildman–Crippen MR) is 57.9 cm³/mol. The summed E-state index contributed by atoms with van der Waals surface area (Å²) < 4.78 is 2.45. The van der Waals surface area contributed by atoms with Crippen molar-refractivity contribution in [3.63, 3.8) is 0 Å². The van der Waals surface area contributed by atoms with Crippen LogP contribution in [0.2, 0.25) is 10.0 Å². The molecule has 0 fully saturated rings. The van der Waals surface area contributed by atoms with Crippen molar-refractivity contribution in [1.82, 2.24) is 3.53 Å². The maximum atomic E-state index is 11.1. The molecule has 0 aliphatic heterocycles. The zero-order chi connectivity index (χ0) is 9.14. The van der Waals surface area contributed by atoms with Crippen molar-refractivity contribution in [2.75, 3.05) is 0 Å². The van der Waals surface area contributed by atoms with Gasteiger partial charge in [-0.3, -0.25) is 8.32 Å². The maximum Gasteiger partial charge on any atom is 0.259 e. The molecule has 0 aliphatic carbocycles. The molecule has 0 radical (unpaired) electrons. The van der Waals surface area contributed by atoms with Gasteiger partial charge in [-0.2, -0.15) is 0 Å². The van der Waals surface area contributed by atoms with Crippen LogP contribution in [0.4, 0.5) is 0 Å². The Morgan fingerprint density at radius 1 is 1.25 bits per heavy atom. The molecule has 1 rings (SSSR count). The van der Waals surface area contributed by atoms with Crippen LogP contribution in [0.25, 0.3) is 0 Å². The van der Waals surface area contributed by atoms with E-state index in [-0.39, 0.29) is 5.91 Å². The third kappa shape index (κ3) is 2.50. The molecule has 12 heavy (non-hydrogen) atoms. The Kier molecular flexibility index (Phi) is 3.61. The Labute approximate surface area is 93.7 Å². The van der Waals surface area contributed by atoms with Crippen molar-refractivity contribution < 1.29 is 4.79 Å². The Balaban J connectivity index is 3.08. The Hall–Kier alpha value is -0.000000000000000111. The second kappa shape index (κ2) is 4.30. The number of benzene rings is 1. The van der Waals surface area contributed by atoms with Crippen LogP contribution in [0.3, 0.4) is 0 Å². The first-order valence-corrected chi connectivity index (χ1v) is 4.84. The molecule has 5 heteroatoms. The largest absolute Gasteiger partial charge is 0.295 e. The molecule has 0 atom stereocenters. The average molecular weight is 316 g/mol. The molecule has 1 aromatic rings. The molecule has 0 unspecified atom stereocenters. The summed E-state index contributed by atoms with van der Waals surface area (Å²) in [6.45, 7) is 0. The summed E-state index contributed by atoms with van der Waals surface area (Å²) in [5, 5.41) is 0.912. The Morgan fingerprint density at radius 3 is 2.17 bits per heavy atom. The van der Waals surface area contributed by atoms with Crippen molar-refractivity contribution in [1.29, 1.82) is 0 Å². The van der Waals surface area contributed by atoms with E-state index in [0.717, 1.165) is 0 Å². The molecule has 0 bridgehead atoms. The van der Waals surface area contributed by atoms with E-state index in [2.05, 4.69) is 3.53 Å². The summed E-state index contributed by atoms with van der Waals surface area (Å²) in [5.74, 6) is -0.208. The van der Waals surface area contributed by atoms with Gasteiger partial charge in [-0.1, -0.05) is 23.2 Å². The third-order valence-corrected chi connectivity index (χ3v) is 2.14. The number of halogens is 3. The summed E-state index contributed by atoms with van der Waals surface area (Å²) >= 11 is 13.1. The minimum Gasteiger partial charge on any atom is -0.295 e. The van der Waals surface area contributed by atoms with Gasteiger partial charge in [-0.05, 0) is 18.2 Å². The fourth-order valence-electron chi connectivity index (χ4n) is 0.739. The van der Waals surface area contributed by atoms with Gasteiger partial charge in [-0.15, -0.1) is 0 Å². The SMILES string of the molecule is O=C(NI)c1cc(Cl)cc(Cl)c1. The molecule has 0 aromatic heterocycles. The van der Waals surface area contributed by atoms with E-state index < -0.39 is 0 Å². The van der Waals surface area contributed by atoms with Crippen molar-refractivity contribution in [2.45, 2.75) is 0 Å². The van der Waals surface area contributed by atoms with Crippen LogP contribution in [-0.2, 0) is 0 Å². The van der Waals surface area contributed by atoms with Crippen LogP contribution in [0, 0.1) is 0 Å². The van der Waals surface area contributed by atoms with Gasteiger partial charge in [0.2, 0.25) is 0 Å². The quantitative estimate of drug-likeness (QED) is 0.626. The van der Waals surface area contributed by atoms with Crippen LogP contribution in [0.15, 0.2) is 18.2 Å². The summed E-state index contributed by atoms with van der Waals surface area (Å²) in [5.41, 5.74) is 0.460. The van der Waals surface area contributed by atoms with Gasteiger partial charge in [-0.25, -0.2) is 0 Å². The van der Waals surface area contributed by atoms with Crippen LogP contribution < -0.4 is 3.53 Å². The van der Waals surface area contributed by atoms with Crippen molar-refractivity contribution in [3.8, 4) is 0 Å².